The van der Waals surface area contributed by atoms with Gasteiger partial charge in [-0.2, -0.15) is 0 Å². The van der Waals surface area contributed by atoms with E-state index in [0.717, 1.165) is 28.4 Å². The molecule has 21 heavy (non-hydrogen) atoms. The van der Waals surface area contributed by atoms with E-state index in [1.807, 2.05) is 37.3 Å². The quantitative estimate of drug-likeness (QED) is 0.582. The van der Waals surface area contributed by atoms with Gasteiger partial charge in [0.25, 0.3) is 0 Å². The van der Waals surface area contributed by atoms with Gasteiger partial charge in [-0.05, 0) is 0 Å². The minimum atomic E-state index is -2.87. The summed E-state index contributed by atoms with van der Waals surface area (Å²) in [5.41, 5.74) is 2.38. The van der Waals surface area contributed by atoms with Crippen LogP contribution in [-0.4, -0.2) is 32.6 Å². The minimum absolute atomic E-state index is 0.226. The van der Waals surface area contributed by atoms with Crippen LogP contribution in [0.2, 0.25) is 11.9 Å². The van der Waals surface area contributed by atoms with E-state index in [-0.39, 0.29) is 5.97 Å². The fourth-order valence-electron chi connectivity index (χ4n) is 2.67. The third-order valence-electron chi connectivity index (χ3n) is 4.37. The van der Waals surface area contributed by atoms with Gasteiger partial charge in [-0.15, -0.1) is 0 Å². The fourth-order valence-corrected chi connectivity index (χ4v) is 12.1. The molecule has 0 aliphatic rings. The molecule has 1 aromatic heterocycles. The predicted octanol–water partition coefficient (Wildman–Crippen LogP) is 4.71. The van der Waals surface area contributed by atoms with Crippen LogP contribution in [0.3, 0.4) is 0 Å². The summed E-state index contributed by atoms with van der Waals surface area (Å²) in [6, 6.07) is 9.75. The molecule has 0 atom stereocenters. The number of carbonyl (C=O) groups is 1. The Balaban J connectivity index is 2.35. The average Bonchev–Trinajstić information content (AvgIpc) is 2.52. The Morgan fingerprint density at radius 1 is 1.14 bits per heavy atom. The van der Waals surface area contributed by atoms with Crippen LogP contribution in [-0.2, 0) is 2.69 Å². The summed E-state index contributed by atoms with van der Waals surface area (Å²) in [6.45, 7) is 8.47. The maximum absolute atomic E-state index is 12.5. The number of aromatic nitrogens is 1. The van der Waals surface area contributed by atoms with Crippen molar-refractivity contribution in [1.29, 1.82) is 0 Å². The van der Waals surface area contributed by atoms with Crippen LogP contribution in [0.25, 0.3) is 10.9 Å². The van der Waals surface area contributed by atoms with Gasteiger partial charge in [-0.25, -0.2) is 0 Å². The zero-order chi connectivity index (χ0) is 15.5. The van der Waals surface area contributed by atoms with E-state index in [0.29, 0.717) is 5.69 Å². The van der Waals surface area contributed by atoms with Gasteiger partial charge in [0.05, 0.1) is 0 Å². The van der Waals surface area contributed by atoms with Gasteiger partial charge in [-0.1, -0.05) is 0 Å². The number of rotatable bonds is 5. The molecule has 0 saturated carbocycles. The second-order valence-electron chi connectivity index (χ2n) is 5.47. The number of hydrogen-bond acceptors (Lipinski definition) is 3. The first-order chi connectivity index (χ1) is 10.0. The molecular weight excluding hydrogens is 457 g/mol. The molecule has 112 valence electrons. The first-order valence-corrected chi connectivity index (χ1v) is 17.5. The Morgan fingerprint density at radius 3 is 2.38 bits per heavy atom. The van der Waals surface area contributed by atoms with Crippen LogP contribution >= 0.6 is 0 Å². The van der Waals surface area contributed by atoms with Crippen molar-refractivity contribution < 1.29 is 7.48 Å². The van der Waals surface area contributed by atoms with Crippen LogP contribution < -0.4 is 0 Å². The Hall–Kier alpha value is -0.978. The number of aryl methyl sites for hydroxylation is 1. The number of benzene rings is 1. The van der Waals surface area contributed by atoms with E-state index in [4.69, 9.17) is 2.69 Å². The standard InChI is InChI=1S/C11H9NO2.3C2H5.Pb/c1-7-6-10(11(13)14)12-9-5-3-2-4-8(7)9;3*1-2;/h2-6H,1H3,(H,13,14);3*1H2,2H3;/q;;;;+1/p-1. The number of pyridine rings is 1. The summed E-state index contributed by atoms with van der Waals surface area (Å²) in [7, 11) is 0. The molecule has 2 aromatic rings. The number of carbonyl (C=O) groups excluding carboxylic acids is 1. The third-order valence-corrected chi connectivity index (χ3v) is 21.8. The SMILES string of the molecule is C[CH2][Pb]([CH2]C)([CH2]C)[O]C(=O)c1cc(C)c2ccccc2n1. The third kappa shape index (κ3) is 3.44. The molecule has 0 amide bonds. The summed E-state index contributed by atoms with van der Waals surface area (Å²) in [6.07, 6.45) is 0. The fraction of sp³-hybridized carbons (Fsp3) is 0.412. The van der Waals surface area contributed by atoms with E-state index in [1.165, 1.54) is 0 Å². The van der Waals surface area contributed by atoms with Crippen LogP contribution in [0, 0.1) is 6.92 Å². The van der Waals surface area contributed by atoms with E-state index < -0.39 is 21.6 Å². The monoisotopic (exact) mass is 481 g/mol. The van der Waals surface area contributed by atoms with Gasteiger partial charge in [0.15, 0.2) is 0 Å². The van der Waals surface area contributed by atoms with Crippen LogP contribution in [0.5, 0.6) is 0 Å². The van der Waals surface area contributed by atoms with E-state index >= 15 is 0 Å². The van der Waals surface area contributed by atoms with Crippen LogP contribution in [0.1, 0.15) is 36.8 Å². The number of hydrogen-bond donors (Lipinski definition) is 0. The van der Waals surface area contributed by atoms with Crippen molar-refractivity contribution in [3.05, 3.63) is 41.6 Å². The van der Waals surface area contributed by atoms with E-state index in [9.17, 15) is 4.79 Å². The molecule has 4 heteroatoms. The van der Waals surface area contributed by atoms with Gasteiger partial charge in [0.1, 0.15) is 0 Å². The summed E-state index contributed by atoms with van der Waals surface area (Å²) in [5.74, 6) is -0.226. The molecule has 0 aliphatic carbocycles. The second-order valence-corrected chi connectivity index (χ2v) is 23.7. The summed E-state index contributed by atoms with van der Waals surface area (Å²) in [5, 5.41) is 1.09. The van der Waals surface area contributed by atoms with Crippen LogP contribution in [0.4, 0.5) is 0 Å². The molecule has 0 unspecified atom stereocenters. The molecule has 0 fully saturated rings. The Kier molecular flexibility index (Phi) is 5.35. The zero-order valence-electron chi connectivity index (χ0n) is 13.3. The van der Waals surface area contributed by atoms with Crippen molar-refractivity contribution in [2.24, 2.45) is 0 Å². The molecule has 0 spiro atoms. The topological polar surface area (TPSA) is 39.2 Å². The molecule has 0 bridgehead atoms. The summed E-state index contributed by atoms with van der Waals surface area (Å²) in [4.78, 5) is 17.0. The Labute approximate surface area is 132 Å². The first kappa shape index (κ1) is 16.4. The van der Waals surface area contributed by atoms with Gasteiger partial charge >= 0.3 is 132 Å². The van der Waals surface area contributed by atoms with Crippen molar-refractivity contribution in [3.8, 4) is 0 Å². The van der Waals surface area contributed by atoms with Crippen LogP contribution in [0.15, 0.2) is 30.3 Å². The molecule has 0 aliphatic heterocycles. The molecule has 3 nitrogen and oxygen atoms in total. The van der Waals surface area contributed by atoms with E-state index in [1.54, 1.807) is 0 Å². The molecular formula is C17H23NO2Pb. The molecule has 0 radical (unpaired) electrons. The molecule has 1 aromatic carbocycles. The molecule has 0 N–H and O–H groups in total. The maximum atomic E-state index is 12.5. The number of nitrogens with zero attached hydrogens (tertiary/aromatic N) is 1. The van der Waals surface area contributed by atoms with E-state index in [2.05, 4.69) is 25.8 Å². The second kappa shape index (κ2) is 6.85. The zero-order valence-corrected chi connectivity index (χ0v) is 17.2. The number of fused-ring (bicyclic) bond motifs is 1. The summed E-state index contributed by atoms with van der Waals surface area (Å²) >= 11 is -2.87. The van der Waals surface area contributed by atoms with Crippen molar-refractivity contribution in [3.63, 3.8) is 0 Å². The van der Waals surface area contributed by atoms with Gasteiger partial charge < -0.3 is 0 Å². The average molecular weight is 481 g/mol. The Morgan fingerprint density at radius 2 is 1.76 bits per heavy atom. The normalized spacial score (nSPS) is 11.6. The van der Waals surface area contributed by atoms with Crippen molar-refractivity contribution in [2.75, 3.05) is 0 Å². The molecule has 1 heterocycles. The van der Waals surface area contributed by atoms with Gasteiger partial charge in [0.2, 0.25) is 0 Å². The van der Waals surface area contributed by atoms with Crippen molar-refractivity contribution in [1.82, 2.24) is 4.98 Å². The van der Waals surface area contributed by atoms with Gasteiger partial charge in [0, 0.05) is 0 Å². The van der Waals surface area contributed by atoms with Gasteiger partial charge in [-0.3, -0.25) is 0 Å². The molecule has 2 rings (SSSR count). The first-order valence-electron chi connectivity index (χ1n) is 7.65. The molecule has 0 saturated heterocycles. The van der Waals surface area contributed by atoms with Crippen molar-refractivity contribution in [2.45, 2.75) is 39.6 Å². The predicted molar refractivity (Wildman–Crippen MR) is 89.1 cm³/mol. The Bertz CT molecular complexity index is 642. The number of para-hydroxylation sites is 1. The summed E-state index contributed by atoms with van der Waals surface area (Å²) < 4.78 is 9.12. The van der Waals surface area contributed by atoms with Crippen molar-refractivity contribution >= 4 is 38.5 Å².